The molecule has 1 aromatic heterocycles. The maximum absolute atomic E-state index is 12.5. The van der Waals surface area contributed by atoms with Crippen LogP contribution in [0.3, 0.4) is 0 Å². The van der Waals surface area contributed by atoms with E-state index in [1.54, 1.807) is 18.3 Å². The first kappa shape index (κ1) is 14.5. The molecule has 0 aliphatic carbocycles. The summed E-state index contributed by atoms with van der Waals surface area (Å²) in [5.74, 6) is 0.615. The van der Waals surface area contributed by atoms with Crippen molar-refractivity contribution in [2.24, 2.45) is 7.05 Å². The smallest absolute Gasteiger partial charge is 0.261 e. The number of nitrogens with zero attached hydrogens (tertiary/aromatic N) is 1. The molecule has 0 saturated carbocycles. The maximum atomic E-state index is 12.5. The summed E-state index contributed by atoms with van der Waals surface area (Å²) in [6, 6.07) is 13.9. The number of nitrogens with one attached hydrogen (secondary N) is 1. The highest BCUT2D eigenvalue weighted by Gasteiger charge is 2.17. The number of para-hydroxylation sites is 1. The van der Waals surface area contributed by atoms with Crippen molar-refractivity contribution >= 4 is 26.6 Å². The molecule has 0 unspecified atom stereocenters. The molecule has 0 aliphatic rings. The van der Waals surface area contributed by atoms with Gasteiger partial charge in [0.25, 0.3) is 10.0 Å². The number of sulfonamides is 1. The van der Waals surface area contributed by atoms with Crippen LogP contribution in [0.15, 0.2) is 59.6 Å². The number of anilines is 1. The largest absolute Gasteiger partial charge is 0.497 e. The number of benzene rings is 2. The molecule has 0 saturated heterocycles. The molecule has 0 bridgehead atoms. The highest BCUT2D eigenvalue weighted by Crippen LogP contribution is 2.27. The highest BCUT2D eigenvalue weighted by molar-refractivity contribution is 7.92. The van der Waals surface area contributed by atoms with Gasteiger partial charge in [-0.3, -0.25) is 4.72 Å². The van der Waals surface area contributed by atoms with Gasteiger partial charge in [0.1, 0.15) is 5.75 Å². The number of hydrogen-bond donors (Lipinski definition) is 1. The van der Waals surface area contributed by atoms with Gasteiger partial charge in [-0.2, -0.15) is 0 Å². The molecule has 0 aliphatic heterocycles. The van der Waals surface area contributed by atoms with Gasteiger partial charge in [-0.1, -0.05) is 18.2 Å². The third-order valence-corrected chi connectivity index (χ3v) is 4.89. The van der Waals surface area contributed by atoms with Crippen LogP contribution in [0.5, 0.6) is 5.75 Å². The van der Waals surface area contributed by atoms with Crippen molar-refractivity contribution in [3.05, 3.63) is 54.7 Å². The second-order valence-corrected chi connectivity index (χ2v) is 6.63. The van der Waals surface area contributed by atoms with Gasteiger partial charge >= 0.3 is 0 Å². The van der Waals surface area contributed by atoms with Crippen molar-refractivity contribution in [1.29, 1.82) is 0 Å². The number of methoxy groups -OCH3 is 1. The first-order valence-corrected chi connectivity index (χ1v) is 8.20. The molecule has 0 spiro atoms. The second kappa shape index (κ2) is 5.38. The molecule has 0 atom stereocenters. The monoisotopic (exact) mass is 316 g/mol. The zero-order valence-corrected chi connectivity index (χ0v) is 13.1. The average Bonchev–Trinajstić information content (AvgIpc) is 2.83. The average molecular weight is 316 g/mol. The normalized spacial score (nSPS) is 11.5. The molecule has 3 aromatic rings. The lowest BCUT2D eigenvalue weighted by Gasteiger charge is -2.07. The Morgan fingerprint density at radius 3 is 2.41 bits per heavy atom. The van der Waals surface area contributed by atoms with Crippen LogP contribution >= 0.6 is 0 Å². The molecule has 1 N–H and O–H groups in total. The number of aromatic nitrogens is 1. The third kappa shape index (κ3) is 2.53. The van der Waals surface area contributed by atoms with Crippen LogP contribution in [0.2, 0.25) is 0 Å². The van der Waals surface area contributed by atoms with E-state index in [-0.39, 0.29) is 4.90 Å². The van der Waals surface area contributed by atoms with Crippen molar-refractivity contribution in [1.82, 2.24) is 4.57 Å². The first-order valence-electron chi connectivity index (χ1n) is 6.72. The van der Waals surface area contributed by atoms with Crippen LogP contribution in [-0.4, -0.2) is 20.1 Å². The summed E-state index contributed by atoms with van der Waals surface area (Å²) in [5.41, 5.74) is 1.53. The minimum atomic E-state index is -3.64. The molecule has 6 heteroatoms. The van der Waals surface area contributed by atoms with E-state index in [1.165, 1.54) is 19.2 Å². The Hall–Kier alpha value is -2.47. The highest BCUT2D eigenvalue weighted by atomic mass is 32.2. The molecule has 2 aromatic carbocycles. The molecule has 114 valence electrons. The van der Waals surface area contributed by atoms with Gasteiger partial charge in [-0.15, -0.1) is 0 Å². The fourth-order valence-electron chi connectivity index (χ4n) is 2.38. The summed E-state index contributed by atoms with van der Waals surface area (Å²) in [7, 11) is -0.213. The van der Waals surface area contributed by atoms with Gasteiger partial charge in [-0.25, -0.2) is 8.42 Å². The Balaban J connectivity index is 1.99. The van der Waals surface area contributed by atoms with E-state index < -0.39 is 10.0 Å². The lowest BCUT2D eigenvalue weighted by molar-refractivity contribution is 0.414. The third-order valence-electron chi connectivity index (χ3n) is 3.51. The van der Waals surface area contributed by atoms with Crippen molar-refractivity contribution < 1.29 is 13.2 Å². The number of hydrogen-bond acceptors (Lipinski definition) is 3. The zero-order chi connectivity index (χ0) is 15.7. The van der Waals surface area contributed by atoms with Gasteiger partial charge in [0.15, 0.2) is 0 Å². The topological polar surface area (TPSA) is 60.3 Å². The van der Waals surface area contributed by atoms with Crippen molar-refractivity contribution in [3.8, 4) is 5.75 Å². The fourth-order valence-corrected chi connectivity index (χ4v) is 3.45. The Morgan fingerprint density at radius 1 is 1.05 bits per heavy atom. The Labute approximate surface area is 129 Å². The van der Waals surface area contributed by atoms with E-state index in [0.29, 0.717) is 11.4 Å². The van der Waals surface area contributed by atoms with Crippen LogP contribution in [-0.2, 0) is 17.1 Å². The summed E-state index contributed by atoms with van der Waals surface area (Å²) >= 11 is 0. The molecule has 22 heavy (non-hydrogen) atoms. The molecular weight excluding hydrogens is 300 g/mol. The summed E-state index contributed by atoms with van der Waals surface area (Å²) in [6.07, 6.45) is 1.77. The van der Waals surface area contributed by atoms with Crippen molar-refractivity contribution in [2.75, 3.05) is 11.8 Å². The maximum Gasteiger partial charge on any atom is 0.261 e. The number of ether oxygens (including phenoxy) is 1. The lowest BCUT2D eigenvalue weighted by Crippen LogP contribution is -2.12. The number of rotatable bonds is 4. The second-order valence-electron chi connectivity index (χ2n) is 4.95. The van der Waals surface area contributed by atoms with E-state index in [4.69, 9.17) is 4.74 Å². The molecule has 1 heterocycles. The van der Waals surface area contributed by atoms with Gasteiger partial charge in [0.2, 0.25) is 0 Å². The SMILES string of the molecule is COc1ccc(S(=O)(=O)Nc2cn(C)c3ccccc23)cc1. The summed E-state index contributed by atoms with van der Waals surface area (Å²) < 4.78 is 34.6. The van der Waals surface area contributed by atoms with Crippen molar-refractivity contribution in [2.45, 2.75) is 4.90 Å². The molecule has 0 fully saturated rings. The standard InChI is InChI=1S/C16H16N2O3S/c1-18-11-15(14-5-3-4-6-16(14)18)17-22(19,20)13-9-7-12(21-2)8-10-13/h3-11,17H,1-2H3. The molecule has 0 radical (unpaired) electrons. The van der Waals surface area contributed by atoms with E-state index in [1.807, 2.05) is 35.9 Å². The molecule has 3 rings (SSSR count). The predicted octanol–water partition coefficient (Wildman–Crippen LogP) is 2.99. The summed E-state index contributed by atoms with van der Waals surface area (Å²) in [6.45, 7) is 0. The number of fused-ring (bicyclic) bond motifs is 1. The van der Waals surface area contributed by atoms with Crippen LogP contribution in [0.25, 0.3) is 10.9 Å². The summed E-state index contributed by atoms with van der Waals surface area (Å²) in [5, 5.41) is 0.863. The van der Waals surface area contributed by atoms with E-state index in [9.17, 15) is 8.42 Å². The Bertz CT molecular complexity index is 912. The van der Waals surface area contributed by atoms with E-state index in [0.717, 1.165) is 10.9 Å². The Morgan fingerprint density at radius 2 is 1.73 bits per heavy atom. The van der Waals surface area contributed by atoms with Crippen LogP contribution in [0.1, 0.15) is 0 Å². The van der Waals surface area contributed by atoms with E-state index >= 15 is 0 Å². The molecule has 5 nitrogen and oxygen atoms in total. The fraction of sp³-hybridized carbons (Fsp3) is 0.125. The zero-order valence-electron chi connectivity index (χ0n) is 12.3. The van der Waals surface area contributed by atoms with Gasteiger partial charge < -0.3 is 9.30 Å². The van der Waals surface area contributed by atoms with Crippen LogP contribution in [0.4, 0.5) is 5.69 Å². The molecule has 0 amide bonds. The van der Waals surface area contributed by atoms with Crippen molar-refractivity contribution in [3.63, 3.8) is 0 Å². The minimum absolute atomic E-state index is 0.196. The first-order chi connectivity index (χ1) is 10.5. The predicted molar refractivity (Wildman–Crippen MR) is 86.7 cm³/mol. The lowest BCUT2D eigenvalue weighted by atomic mass is 10.2. The van der Waals surface area contributed by atoms with Gasteiger partial charge in [0, 0.05) is 24.1 Å². The van der Waals surface area contributed by atoms with Crippen LogP contribution < -0.4 is 9.46 Å². The Kier molecular flexibility index (Phi) is 3.54. The molecular formula is C16H16N2O3S. The van der Waals surface area contributed by atoms with E-state index in [2.05, 4.69) is 4.72 Å². The number of aryl methyl sites for hydroxylation is 1. The van der Waals surface area contributed by atoms with Gasteiger partial charge in [-0.05, 0) is 30.3 Å². The van der Waals surface area contributed by atoms with Gasteiger partial charge in [0.05, 0.1) is 17.7 Å². The summed E-state index contributed by atoms with van der Waals surface area (Å²) in [4.78, 5) is 0.196. The minimum Gasteiger partial charge on any atom is -0.497 e. The quantitative estimate of drug-likeness (QED) is 0.805. The van der Waals surface area contributed by atoms with Crippen LogP contribution in [0, 0.1) is 0 Å².